The number of ether oxygens (including phenoxy) is 4. The first-order valence-corrected chi connectivity index (χ1v) is 13.9. The summed E-state index contributed by atoms with van der Waals surface area (Å²) in [5.41, 5.74) is -2.72. The van der Waals surface area contributed by atoms with Crippen LogP contribution in [0, 0.1) is 10.1 Å². The average molecular weight is 605 g/mol. The van der Waals surface area contributed by atoms with E-state index in [4.69, 9.17) is 18.9 Å². The van der Waals surface area contributed by atoms with Crippen molar-refractivity contribution in [2.45, 2.75) is 65.9 Å². The Bertz CT molecular complexity index is 1030. The van der Waals surface area contributed by atoms with Crippen LogP contribution >= 0.6 is 0 Å². The predicted octanol–water partition coefficient (Wildman–Crippen LogP) is 5.83. The van der Waals surface area contributed by atoms with Crippen molar-refractivity contribution in [2.24, 2.45) is 0 Å². The molecule has 15 heteroatoms. The number of likely N-dealkylation sites (N-methyl/N-ethyl adjacent to an activating group) is 2. The number of imide groups is 1. The molecule has 0 fully saturated rings. The van der Waals surface area contributed by atoms with Crippen LogP contribution in [0.3, 0.4) is 0 Å². The van der Waals surface area contributed by atoms with Crippen LogP contribution < -0.4 is 14.5 Å². The number of nitrogens with zero attached hydrogens (tertiary/aromatic N) is 4. The van der Waals surface area contributed by atoms with Gasteiger partial charge >= 0.3 is 24.8 Å². The number of unbranched alkanes of at least 4 members (excludes halogenated alkanes) is 3. The molecule has 0 N–H and O–H groups in total. The first-order valence-electron chi connectivity index (χ1n) is 13.9. The van der Waals surface area contributed by atoms with Crippen molar-refractivity contribution >= 4 is 35.2 Å². The van der Waals surface area contributed by atoms with E-state index in [-0.39, 0.29) is 37.0 Å². The van der Waals surface area contributed by atoms with Crippen molar-refractivity contribution in [1.82, 2.24) is 4.90 Å². The third-order valence-electron chi connectivity index (χ3n) is 5.87. The van der Waals surface area contributed by atoms with Gasteiger partial charge in [0.05, 0.1) is 24.7 Å². The molecule has 13 nitrogen and oxygen atoms in total. The van der Waals surface area contributed by atoms with E-state index in [0.29, 0.717) is 51.1 Å². The Kier molecular flexibility index (Phi) is 16.1. The maximum Gasteiger partial charge on any atom is 0.424 e. The minimum Gasteiger partial charge on any atom is -0.462 e. The zero-order valence-electron chi connectivity index (χ0n) is 25.2. The molecule has 0 spiro atoms. The Labute approximate surface area is 244 Å². The Hall–Kier alpha value is -3.75. The van der Waals surface area contributed by atoms with Gasteiger partial charge in [-0.3, -0.25) is 10.1 Å². The minimum atomic E-state index is -3.55. The van der Waals surface area contributed by atoms with Gasteiger partial charge in [0.1, 0.15) is 16.9 Å². The van der Waals surface area contributed by atoms with E-state index < -0.39 is 52.4 Å². The summed E-state index contributed by atoms with van der Waals surface area (Å²) in [4.78, 5) is 54.6. The van der Waals surface area contributed by atoms with Crippen LogP contribution in [-0.2, 0) is 14.2 Å². The van der Waals surface area contributed by atoms with Crippen LogP contribution in [0.4, 0.5) is 35.4 Å². The molecule has 0 aliphatic carbocycles. The van der Waals surface area contributed by atoms with Crippen LogP contribution in [0.1, 0.15) is 69.7 Å². The van der Waals surface area contributed by atoms with E-state index in [1.165, 1.54) is 11.9 Å². The summed E-state index contributed by atoms with van der Waals surface area (Å²) >= 11 is 0. The minimum absolute atomic E-state index is 0.121. The van der Waals surface area contributed by atoms with Crippen LogP contribution in [0.5, 0.6) is 5.75 Å². The van der Waals surface area contributed by atoms with Gasteiger partial charge in [-0.05, 0) is 33.4 Å². The Balaban J connectivity index is 4.09. The number of halogens is 2. The number of carbonyl (C=O) groups is 3. The molecule has 42 heavy (non-hydrogen) atoms. The van der Waals surface area contributed by atoms with Crippen LogP contribution in [-0.4, -0.2) is 88.6 Å². The second-order valence-electron chi connectivity index (χ2n) is 9.59. The number of hydrogen-bond acceptors (Lipinski definition) is 11. The molecule has 2 amide bonds. The zero-order chi connectivity index (χ0) is 31.8. The van der Waals surface area contributed by atoms with Crippen molar-refractivity contribution in [3.63, 3.8) is 0 Å². The van der Waals surface area contributed by atoms with Crippen LogP contribution in [0.15, 0.2) is 6.07 Å². The summed E-state index contributed by atoms with van der Waals surface area (Å²) < 4.78 is 48.1. The molecule has 0 radical (unpaired) electrons. The normalized spacial score (nSPS) is 10.9. The number of benzene rings is 1. The van der Waals surface area contributed by atoms with Crippen LogP contribution in [0.2, 0.25) is 0 Å². The monoisotopic (exact) mass is 604 g/mol. The second kappa shape index (κ2) is 18.6. The molecule has 0 heterocycles. The van der Waals surface area contributed by atoms with Gasteiger partial charge in [-0.1, -0.05) is 40.0 Å². The summed E-state index contributed by atoms with van der Waals surface area (Å²) in [5.74, 6) is -2.18. The number of alkyl halides is 2. The molecule has 0 aliphatic rings. The molecule has 1 aromatic carbocycles. The lowest BCUT2D eigenvalue weighted by atomic mass is 10.1. The van der Waals surface area contributed by atoms with E-state index >= 15 is 0 Å². The van der Waals surface area contributed by atoms with Gasteiger partial charge in [-0.2, -0.15) is 13.7 Å². The highest BCUT2D eigenvalue weighted by molar-refractivity contribution is 6.14. The summed E-state index contributed by atoms with van der Waals surface area (Å²) in [6.45, 7) is 2.01. The third-order valence-corrected chi connectivity index (χ3v) is 5.87. The van der Waals surface area contributed by atoms with E-state index in [9.17, 15) is 33.3 Å². The number of amides is 2. The highest BCUT2D eigenvalue weighted by Crippen LogP contribution is 2.46. The fourth-order valence-electron chi connectivity index (χ4n) is 3.57. The molecule has 0 saturated heterocycles. The molecule has 0 aliphatic heterocycles. The van der Waals surface area contributed by atoms with Crippen molar-refractivity contribution in [2.75, 3.05) is 63.9 Å². The zero-order valence-corrected chi connectivity index (χ0v) is 25.2. The van der Waals surface area contributed by atoms with Crippen molar-refractivity contribution < 1.29 is 47.0 Å². The molecule has 0 aromatic heterocycles. The highest BCUT2D eigenvalue weighted by Gasteiger charge is 2.40. The summed E-state index contributed by atoms with van der Waals surface area (Å²) in [5, 5.41) is 12.3. The molecule has 0 unspecified atom stereocenters. The largest absolute Gasteiger partial charge is 0.462 e. The predicted molar refractivity (Wildman–Crippen MR) is 152 cm³/mol. The van der Waals surface area contributed by atoms with Crippen molar-refractivity contribution in [3.8, 4) is 5.75 Å². The number of nitro groups is 1. The smallest absolute Gasteiger partial charge is 0.424 e. The Morgan fingerprint density at radius 1 is 0.881 bits per heavy atom. The lowest BCUT2D eigenvalue weighted by molar-refractivity contribution is -0.384. The van der Waals surface area contributed by atoms with Crippen molar-refractivity contribution in [1.29, 1.82) is 0 Å². The topological polar surface area (TPSA) is 141 Å². The maximum atomic E-state index is 13.9. The summed E-state index contributed by atoms with van der Waals surface area (Å²) in [7, 11) is 4.93. The SMILES string of the molecule is CCCCOC(=O)c1c(OC(F)F)c(N(C(=O)OCCCC)C(=O)OCCCC)cc([N+](=O)[O-])c1N(C)CCN(C)C. The lowest BCUT2D eigenvalue weighted by Crippen LogP contribution is -2.39. The van der Waals surface area contributed by atoms with E-state index in [0.717, 1.165) is 0 Å². The second-order valence-corrected chi connectivity index (χ2v) is 9.59. The molecule has 0 saturated carbocycles. The summed E-state index contributed by atoms with van der Waals surface area (Å²) in [6.07, 6.45) is 0.428. The number of anilines is 2. The van der Waals surface area contributed by atoms with Gasteiger partial charge in [0, 0.05) is 26.2 Å². The lowest BCUT2D eigenvalue weighted by Gasteiger charge is -2.28. The first kappa shape index (κ1) is 36.3. The molecule has 1 aromatic rings. The van der Waals surface area contributed by atoms with Gasteiger partial charge in [-0.15, -0.1) is 0 Å². The maximum absolute atomic E-state index is 13.9. The molecule has 0 atom stereocenters. The third kappa shape index (κ3) is 10.9. The molecular formula is C27H42F2N4O9. The van der Waals surface area contributed by atoms with E-state index in [1.807, 2.05) is 20.8 Å². The molecule has 1 rings (SSSR count). The fraction of sp³-hybridized carbons (Fsp3) is 0.667. The van der Waals surface area contributed by atoms with Gasteiger partial charge < -0.3 is 28.7 Å². The standard InChI is InChI=1S/C27H42F2N4O9/c1-7-10-15-39-24(34)21-22(31(6)14-13-30(4)5)19(33(37)38)18-20(23(21)42-25(28)29)32(26(35)40-16-11-8-2)27(36)41-17-12-9-3/h18,25H,7-17H2,1-6H3. The quantitative estimate of drug-likeness (QED) is 0.0657. The van der Waals surface area contributed by atoms with E-state index in [2.05, 4.69) is 0 Å². The van der Waals surface area contributed by atoms with Gasteiger partial charge in [0.25, 0.3) is 5.69 Å². The van der Waals surface area contributed by atoms with Crippen molar-refractivity contribution in [3.05, 3.63) is 21.7 Å². The van der Waals surface area contributed by atoms with Gasteiger partial charge in [0.15, 0.2) is 5.75 Å². The van der Waals surface area contributed by atoms with Gasteiger partial charge in [0.2, 0.25) is 0 Å². The summed E-state index contributed by atoms with van der Waals surface area (Å²) in [6, 6.07) is 0.712. The Morgan fingerprint density at radius 3 is 1.81 bits per heavy atom. The van der Waals surface area contributed by atoms with E-state index in [1.54, 1.807) is 19.0 Å². The van der Waals surface area contributed by atoms with Gasteiger partial charge in [-0.25, -0.2) is 14.4 Å². The average Bonchev–Trinajstić information content (AvgIpc) is 2.92. The number of nitro benzene ring substituents is 1. The molecule has 238 valence electrons. The number of esters is 1. The Morgan fingerprint density at radius 2 is 1.38 bits per heavy atom. The number of rotatable bonds is 18. The molecule has 0 bridgehead atoms. The first-order chi connectivity index (χ1) is 19.9. The van der Waals surface area contributed by atoms with Crippen LogP contribution in [0.25, 0.3) is 0 Å². The molecular weight excluding hydrogens is 562 g/mol. The fourth-order valence-corrected chi connectivity index (χ4v) is 3.57. The number of carbonyl (C=O) groups excluding carboxylic acids is 3. The highest BCUT2D eigenvalue weighted by atomic mass is 19.3. The number of hydrogen-bond donors (Lipinski definition) is 0.